The zero-order chi connectivity index (χ0) is 24.9. The molecule has 3 N–H and O–H groups in total. The zero-order valence-corrected chi connectivity index (χ0v) is 21.9. The third-order valence-corrected chi connectivity index (χ3v) is 6.63. The number of primary amides is 1. The summed E-state index contributed by atoms with van der Waals surface area (Å²) >= 11 is 0. The van der Waals surface area contributed by atoms with Crippen LogP contribution in [0.1, 0.15) is 101 Å². The molecule has 0 aliphatic heterocycles. The van der Waals surface area contributed by atoms with E-state index in [9.17, 15) is 14.3 Å². The van der Waals surface area contributed by atoms with E-state index in [0.717, 1.165) is 13.0 Å². The summed E-state index contributed by atoms with van der Waals surface area (Å²) in [6.07, 6.45) is 19.6. The molecule has 34 heavy (non-hydrogen) atoms. The molecule has 0 bridgehead atoms. The van der Waals surface area contributed by atoms with Crippen LogP contribution in [0.25, 0.3) is 0 Å². The van der Waals surface area contributed by atoms with Crippen molar-refractivity contribution in [2.75, 3.05) is 26.4 Å². The topological polar surface area (TPSA) is 112 Å². The van der Waals surface area contributed by atoms with Gasteiger partial charge in [0.25, 0.3) is 0 Å². The molecule has 0 aromatic carbocycles. The van der Waals surface area contributed by atoms with Gasteiger partial charge < -0.3 is 15.4 Å². The first-order valence-corrected chi connectivity index (χ1v) is 14.4. The summed E-state index contributed by atoms with van der Waals surface area (Å²) in [4.78, 5) is 20.8. The Kier molecular flexibility index (Phi) is 18.0. The second-order valence-electron chi connectivity index (χ2n) is 8.68. The average Bonchev–Trinajstić information content (AvgIpc) is 2.81. The number of ether oxygens (including phenoxy) is 1. The highest BCUT2D eigenvalue weighted by molar-refractivity contribution is 7.47. The molecule has 0 fully saturated rings. The van der Waals surface area contributed by atoms with Gasteiger partial charge in [-0.1, -0.05) is 77.6 Å². The van der Waals surface area contributed by atoms with Crippen molar-refractivity contribution >= 4 is 13.7 Å². The van der Waals surface area contributed by atoms with Crippen molar-refractivity contribution in [3.05, 3.63) is 30.1 Å². The number of pyridine rings is 1. The van der Waals surface area contributed by atoms with Crippen molar-refractivity contribution in [3.63, 3.8) is 0 Å². The molecule has 9 heteroatoms. The van der Waals surface area contributed by atoms with Gasteiger partial charge in [0, 0.05) is 25.3 Å². The van der Waals surface area contributed by atoms with Crippen molar-refractivity contribution in [1.82, 2.24) is 0 Å². The maximum absolute atomic E-state index is 11.9. The van der Waals surface area contributed by atoms with Gasteiger partial charge in [-0.25, -0.2) is 9.13 Å². The van der Waals surface area contributed by atoms with Crippen LogP contribution < -0.4 is 10.3 Å². The van der Waals surface area contributed by atoms with Crippen LogP contribution in [0.5, 0.6) is 0 Å². The molecule has 8 nitrogen and oxygen atoms in total. The van der Waals surface area contributed by atoms with E-state index in [4.69, 9.17) is 19.5 Å². The first kappa shape index (κ1) is 30.7. The molecule has 0 aliphatic rings. The maximum Gasteiger partial charge on any atom is 0.472 e. The predicted octanol–water partition coefficient (Wildman–Crippen LogP) is 5.31. The number of rotatable bonds is 23. The number of unbranched alkanes of at least 4 members (excludes halogenated alkanes) is 11. The molecule has 0 saturated carbocycles. The summed E-state index contributed by atoms with van der Waals surface area (Å²) in [5.74, 6) is -0.505. The van der Waals surface area contributed by atoms with Crippen LogP contribution >= 0.6 is 7.82 Å². The number of carbonyl (C=O) groups is 1. The fourth-order valence-electron chi connectivity index (χ4n) is 3.56. The van der Waals surface area contributed by atoms with E-state index in [0.29, 0.717) is 25.1 Å². The lowest BCUT2D eigenvalue weighted by atomic mass is 10.1. The molecule has 1 amide bonds. The summed E-state index contributed by atoms with van der Waals surface area (Å²) in [6, 6.07) is 3.16. The van der Waals surface area contributed by atoms with Crippen LogP contribution in [0.4, 0.5) is 0 Å². The summed E-state index contributed by atoms with van der Waals surface area (Å²) in [5, 5.41) is 0. The highest BCUT2D eigenvalue weighted by Crippen LogP contribution is 2.42. The van der Waals surface area contributed by atoms with Crippen LogP contribution in [0.15, 0.2) is 24.5 Å². The van der Waals surface area contributed by atoms with E-state index in [1.54, 1.807) is 29.1 Å². The lowest BCUT2D eigenvalue weighted by Crippen LogP contribution is -2.35. The molecular weight excluding hydrogens is 455 g/mol. The van der Waals surface area contributed by atoms with Crippen molar-refractivity contribution in [2.24, 2.45) is 5.73 Å². The lowest BCUT2D eigenvalue weighted by Gasteiger charge is -2.11. The Morgan fingerprint density at radius 1 is 0.824 bits per heavy atom. The average molecular weight is 502 g/mol. The number of aromatic nitrogens is 1. The van der Waals surface area contributed by atoms with E-state index in [-0.39, 0.29) is 13.2 Å². The third-order valence-electron chi connectivity index (χ3n) is 5.61. The number of nitrogens with zero attached hydrogens (tertiary/aromatic N) is 1. The van der Waals surface area contributed by atoms with E-state index < -0.39 is 13.7 Å². The van der Waals surface area contributed by atoms with Crippen LogP contribution in [0.2, 0.25) is 0 Å². The highest BCUT2D eigenvalue weighted by Gasteiger charge is 2.21. The van der Waals surface area contributed by atoms with Crippen molar-refractivity contribution < 1.29 is 32.6 Å². The van der Waals surface area contributed by atoms with Gasteiger partial charge in [0.1, 0.15) is 6.61 Å². The molecule has 1 unspecified atom stereocenters. The molecule has 0 aliphatic carbocycles. The Labute approximate surface area is 205 Å². The Hall–Kier alpha value is -1.31. The van der Waals surface area contributed by atoms with Gasteiger partial charge in [-0.2, -0.15) is 0 Å². The van der Waals surface area contributed by atoms with Crippen molar-refractivity contribution in [1.29, 1.82) is 0 Å². The van der Waals surface area contributed by atoms with Gasteiger partial charge >= 0.3 is 7.82 Å². The quantitative estimate of drug-likeness (QED) is 0.119. The van der Waals surface area contributed by atoms with E-state index in [2.05, 4.69) is 6.92 Å². The first-order chi connectivity index (χ1) is 16.4. The maximum atomic E-state index is 11.9. The van der Waals surface area contributed by atoms with Crippen LogP contribution in [0.3, 0.4) is 0 Å². The van der Waals surface area contributed by atoms with Gasteiger partial charge in [-0.3, -0.25) is 13.8 Å². The van der Waals surface area contributed by atoms with Crippen LogP contribution in [-0.4, -0.2) is 37.2 Å². The number of hydrogen-bond donors (Lipinski definition) is 2. The van der Waals surface area contributed by atoms with E-state index in [1.165, 1.54) is 70.6 Å². The highest BCUT2D eigenvalue weighted by atomic mass is 31.2. The SMILES string of the molecule is CCCCCCCCCCCCCCOCCCOP(=O)(O)OCC[n+]1ccc(C(N)=O)cc1. The monoisotopic (exact) mass is 501 g/mol. The number of phosphoric acid groups is 1. The Morgan fingerprint density at radius 2 is 1.32 bits per heavy atom. The summed E-state index contributed by atoms with van der Waals surface area (Å²) in [7, 11) is -4.09. The standard InChI is InChI=1S/C25H45N2O6P/c1-2-3-4-5-6-7-8-9-10-11-12-13-20-31-21-14-22-32-34(29,30)33-23-19-27-17-15-24(16-18-27)25(26)28/h15-18H,2-14,19-23H2,1H3,(H2-,26,28,29,30)/p+1. The lowest BCUT2D eigenvalue weighted by molar-refractivity contribution is -0.697. The largest absolute Gasteiger partial charge is 0.472 e. The summed E-state index contributed by atoms with van der Waals surface area (Å²) in [5.41, 5.74) is 5.59. The molecule has 1 heterocycles. The normalized spacial score (nSPS) is 13.1. The minimum Gasteiger partial charge on any atom is -0.381 e. The number of carbonyl (C=O) groups excluding carboxylic acids is 1. The minimum atomic E-state index is -4.09. The molecular formula is C25H46N2O6P+. The van der Waals surface area contributed by atoms with Crippen molar-refractivity contribution in [3.8, 4) is 0 Å². The number of amides is 1. The Morgan fingerprint density at radius 3 is 1.88 bits per heavy atom. The summed E-state index contributed by atoms with van der Waals surface area (Å²) in [6.45, 7) is 3.92. The molecule has 1 rings (SSSR count). The number of phosphoric ester groups is 1. The molecule has 0 radical (unpaired) electrons. The fraction of sp³-hybridized carbons (Fsp3) is 0.760. The molecule has 196 valence electrons. The Balaban J connectivity index is 1.89. The Bertz CT molecular complexity index is 686. The number of nitrogens with two attached hydrogens (primary N) is 1. The van der Waals surface area contributed by atoms with Gasteiger partial charge in [0.05, 0.1) is 12.2 Å². The van der Waals surface area contributed by atoms with Crippen LogP contribution in [0, 0.1) is 0 Å². The summed E-state index contributed by atoms with van der Waals surface area (Å²) < 4.78 is 29.2. The molecule has 1 atom stereocenters. The molecule has 1 aromatic heterocycles. The second kappa shape index (κ2) is 19.9. The van der Waals surface area contributed by atoms with Gasteiger partial charge in [-0.15, -0.1) is 0 Å². The second-order valence-corrected chi connectivity index (χ2v) is 10.1. The van der Waals surface area contributed by atoms with E-state index >= 15 is 0 Å². The molecule has 0 spiro atoms. The third kappa shape index (κ3) is 17.2. The first-order valence-electron chi connectivity index (χ1n) is 12.9. The zero-order valence-electron chi connectivity index (χ0n) is 21.0. The van der Waals surface area contributed by atoms with Gasteiger partial charge in [0.2, 0.25) is 5.91 Å². The molecule has 0 saturated heterocycles. The van der Waals surface area contributed by atoms with Crippen LogP contribution in [-0.2, 0) is 24.9 Å². The van der Waals surface area contributed by atoms with Crippen molar-refractivity contribution in [2.45, 2.75) is 96.9 Å². The van der Waals surface area contributed by atoms with Gasteiger partial charge in [0.15, 0.2) is 18.9 Å². The van der Waals surface area contributed by atoms with Gasteiger partial charge in [-0.05, 0) is 12.8 Å². The fourth-order valence-corrected chi connectivity index (χ4v) is 4.30. The minimum absolute atomic E-state index is 0.00379. The smallest absolute Gasteiger partial charge is 0.381 e. The number of hydrogen-bond acceptors (Lipinski definition) is 5. The molecule has 1 aromatic rings. The van der Waals surface area contributed by atoms with E-state index in [1.807, 2.05) is 0 Å². The predicted molar refractivity (Wildman–Crippen MR) is 133 cm³/mol.